The van der Waals surface area contributed by atoms with Gasteiger partial charge in [0, 0.05) is 19.1 Å². The van der Waals surface area contributed by atoms with Gasteiger partial charge in [0.05, 0.1) is 11.8 Å². The first-order valence-corrected chi connectivity index (χ1v) is 9.13. The lowest BCUT2D eigenvalue weighted by molar-refractivity contribution is 0.0199. The Morgan fingerprint density at radius 3 is 2.42 bits per heavy atom. The molecule has 1 aromatic rings. The summed E-state index contributed by atoms with van der Waals surface area (Å²) in [6.07, 6.45) is 1.78. The predicted octanol–water partition coefficient (Wildman–Crippen LogP) is 4.03. The minimum Gasteiger partial charge on any atom is -0.444 e. The molecule has 2 amide bonds. The number of halogens is 2. The zero-order valence-electron chi connectivity index (χ0n) is 15.9. The fourth-order valence-corrected chi connectivity index (χ4v) is 2.57. The summed E-state index contributed by atoms with van der Waals surface area (Å²) in [5, 5.41) is 2.76. The van der Waals surface area contributed by atoms with Gasteiger partial charge in [-0.3, -0.25) is 4.79 Å². The van der Waals surface area contributed by atoms with Crippen LogP contribution in [0.4, 0.5) is 9.18 Å². The Labute approximate surface area is 159 Å². The predicted molar refractivity (Wildman–Crippen MR) is 98.8 cm³/mol. The Hall–Kier alpha value is -1.89. The van der Waals surface area contributed by atoms with E-state index in [0.717, 1.165) is 12.3 Å². The molecule has 1 aliphatic rings. The molecule has 2 rings (SSSR count). The van der Waals surface area contributed by atoms with Crippen LogP contribution in [0.1, 0.15) is 57.8 Å². The van der Waals surface area contributed by atoms with E-state index >= 15 is 0 Å². The number of aromatic nitrogens is 1. The van der Waals surface area contributed by atoms with Gasteiger partial charge in [-0.15, -0.1) is 0 Å². The molecule has 0 saturated carbocycles. The van der Waals surface area contributed by atoms with Crippen LogP contribution in [-0.2, 0) is 4.74 Å². The molecule has 0 aliphatic carbocycles. The fourth-order valence-electron chi connectivity index (χ4n) is 2.38. The summed E-state index contributed by atoms with van der Waals surface area (Å²) < 4.78 is 18.5. The number of hydrogen-bond donors (Lipinski definition) is 1. The van der Waals surface area contributed by atoms with Crippen LogP contribution in [0.3, 0.4) is 0 Å². The van der Waals surface area contributed by atoms with E-state index in [-0.39, 0.29) is 22.9 Å². The minimum atomic E-state index is -0.621. The number of hydrogen-bond acceptors (Lipinski definition) is 4. The van der Waals surface area contributed by atoms with Gasteiger partial charge in [0.1, 0.15) is 16.6 Å². The molecule has 1 N–H and O–H groups in total. The van der Waals surface area contributed by atoms with Crippen molar-refractivity contribution < 1.29 is 18.7 Å². The van der Waals surface area contributed by atoms with Crippen molar-refractivity contribution in [2.24, 2.45) is 0 Å². The minimum absolute atomic E-state index is 0.00578. The van der Waals surface area contributed by atoms with Crippen LogP contribution in [0.2, 0.25) is 5.15 Å². The van der Waals surface area contributed by atoms with E-state index in [0.29, 0.717) is 25.9 Å². The van der Waals surface area contributed by atoms with Crippen LogP contribution in [0.5, 0.6) is 0 Å². The fraction of sp³-hybridized carbons (Fsp3) is 0.611. The molecule has 1 saturated heterocycles. The summed E-state index contributed by atoms with van der Waals surface area (Å²) in [5.41, 5.74) is -0.533. The van der Waals surface area contributed by atoms with E-state index in [1.807, 2.05) is 34.6 Å². The lowest BCUT2D eigenvalue weighted by Crippen LogP contribution is -2.47. The Kier molecular flexibility index (Phi) is 8.27. The van der Waals surface area contributed by atoms with Gasteiger partial charge in [0.25, 0.3) is 5.91 Å². The number of ether oxygens (including phenoxy) is 1. The number of pyridine rings is 1. The molecule has 0 aromatic carbocycles. The molecule has 1 fully saturated rings. The highest BCUT2D eigenvalue weighted by Crippen LogP contribution is 2.18. The highest BCUT2D eigenvalue weighted by atomic mass is 35.5. The molecular weight excluding hydrogens is 361 g/mol. The molecular formula is C18H27ClFN3O3. The summed E-state index contributed by atoms with van der Waals surface area (Å²) in [4.78, 5) is 29.4. The van der Waals surface area contributed by atoms with Crippen LogP contribution in [0, 0.1) is 5.82 Å². The zero-order chi connectivity index (χ0) is 19.9. The van der Waals surface area contributed by atoms with Gasteiger partial charge in [-0.2, -0.15) is 0 Å². The maximum absolute atomic E-state index is 13.2. The molecule has 0 unspecified atom stereocenters. The van der Waals surface area contributed by atoms with Crippen molar-refractivity contribution in [2.45, 2.75) is 59.1 Å². The molecule has 0 spiro atoms. The van der Waals surface area contributed by atoms with E-state index in [2.05, 4.69) is 10.3 Å². The summed E-state index contributed by atoms with van der Waals surface area (Å²) in [6.45, 7) is 10.4. The largest absolute Gasteiger partial charge is 0.444 e. The highest BCUT2D eigenvalue weighted by molar-refractivity contribution is 6.32. The van der Waals surface area contributed by atoms with E-state index in [1.54, 1.807) is 4.90 Å². The number of nitrogens with zero attached hydrogens (tertiary/aromatic N) is 2. The van der Waals surface area contributed by atoms with E-state index < -0.39 is 17.3 Å². The van der Waals surface area contributed by atoms with Crippen molar-refractivity contribution in [3.63, 3.8) is 0 Å². The Morgan fingerprint density at radius 1 is 1.31 bits per heavy atom. The van der Waals surface area contributed by atoms with Gasteiger partial charge in [0.2, 0.25) is 0 Å². The molecule has 1 aliphatic heterocycles. The molecule has 146 valence electrons. The first-order chi connectivity index (χ1) is 12.2. The van der Waals surface area contributed by atoms with Crippen LogP contribution in [-0.4, -0.2) is 46.6 Å². The molecule has 0 radical (unpaired) electrons. The number of carbonyl (C=O) groups is 2. The second-order valence-corrected chi connectivity index (χ2v) is 7.07. The van der Waals surface area contributed by atoms with Gasteiger partial charge >= 0.3 is 6.09 Å². The lowest BCUT2D eigenvalue weighted by Gasteiger charge is -2.33. The molecule has 6 nitrogen and oxygen atoms in total. The van der Waals surface area contributed by atoms with Crippen molar-refractivity contribution in [1.82, 2.24) is 15.2 Å². The topological polar surface area (TPSA) is 71.5 Å². The smallest absolute Gasteiger partial charge is 0.410 e. The van der Waals surface area contributed by atoms with Crippen molar-refractivity contribution in [1.29, 1.82) is 0 Å². The van der Waals surface area contributed by atoms with Gasteiger partial charge < -0.3 is 15.0 Å². The van der Waals surface area contributed by atoms with Gasteiger partial charge in [-0.1, -0.05) is 25.4 Å². The Balaban J connectivity index is 0.00000163. The quantitative estimate of drug-likeness (QED) is 0.777. The first-order valence-electron chi connectivity index (χ1n) is 8.75. The second-order valence-electron chi connectivity index (χ2n) is 6.71. The van der Waals surface area contributed by atoms with E-state index in [1.165, 1.54) is 0 Å². The third-order valence-corrected chi connectivity index (χ3v) is 3.83. The zero-order valence-corrected chi connectivity index (χ0v) is 16.7. The van der Waals surface area contributed by atoms with E-state index in [4.69, 9.17) is 16.3 Å². The number of rotatable bonds is 2. The molecule has 26 heavy (non-hydrogen) atoms. The van der Waals surface area contributed by atoms with Crippen molar-refractivity contribution in [3.8, 4) is 0 Å². The summed E-state index contributed by atoms with van der Waals surface area (Å²) in [7, 11) is 0. The highest BCUT2D eigenvalue weighted by Gasteiger charge is 2.28. The standard InChI is InChI=1S/C16H21ClFN3O3.C2H6/c1-16(2,3)24-15(23)21-6-4-11(5-7-21)20-14(22)12-8-10(18)9-19-13(12)17;1-2/h8-9,11H,4-7H2,1-3H3,(H,20,22);1-2H3. The SMILES string of the molecule is CC.CC(C)(C)OC(=O)N1CCC(NC(=O)c2cc(F)cnc2Cl)CC1. The maximum Gasteiger partial charge on any atom is 0.410 e. The van der Waals surface area contributed by atoms with Gasteiger partial charge in [-0.25, -0.2) is 14.2 Å². The monoisotopic (exact) mass is 387 g/mol. The summed E-state index contributed by atoms with van der Waals surface area (Å²) in [5.74, 6) is -1.09. The third kappa shape index (κ3) is 6.78. The molecule has 0 atom stereocenters. The second kappa shape index (κ2) is 9.71. The molecule has 1 aromatic heterocycles. The van der Waals surface area contributed by atoms with Crippen molar-refractivity contribution in [3.05, 3.63) is 28.8 Å². The number of amides is 2. The van der Waals surface area contributed by atoms with Crippen LogP contribution in [0.25, 0.3) is 0 Å². The number of carbonyl (C=O) groups excluding carboxylic acids is 2. The van der Waals surface area contributed by atoms with Crippen LogP contribution >= 0.6 is 11.6 Å². The van der Waals surface area contributed by atoms with Gasteiger partial charge in [0.15, 0.2) is 0 Å². The average Bonchev–Trinajstić information content (AvgIpc) is 2.58. The van der Waals surface area contributed by atoms with Crippen molar-refractivity contribution >= 4 is 23.6 Å². The number of likely N-dealkylation sites (tertiary alicyclic amines) is 1. The molecule has 0 bridgehead atoms. The van der Waals surface area contributed by atoms with Crippen LogP contribution < -0.4 is 5.32 Å². The summed E-state index contributed by atoms with van der Waals surface area (Å²) >= 11 is 5.83. The Bertz CT molecular complexity index is 627. The normalized spacial score (nSPS) is 15.0. The van der Waals surface area contributed by atoms with Crippen molar-refractivity contribution in [2.75, 3.05) is 13.1 Å². The maximum atomic E-state index is 13.2. The summed E-state index contributed by atoms with van der Waals surface area (Å²) in [6, 6.07) is 0.941. The number of piperidine rings is 1. The molecule has 2 heterocycles. The molecule has 8 heteroatoms. The van der Waals surface area contributed by atoms with Gasteiger partial charge in [-0.05, 0) is 39.7 Å². The lowest BCUT2D eigenvalue weighted by atomic mass is 10.0. The van der Waals surface area contributed by atoms with E-state index in [9.17, 15) is 14.0 Å². The van der Waals surface area contributed by atoms with Crippen LogP contribution in [0.15, 0.2) is 12.3 Å². The third-order valence-electron chi connectivity index (χ3n) is 3.53. The number of nitrogens with one attached hydrogen (secondary N) is 1. The average molecular weight is 388 g/mol. The first kappa shape index (κ1) is 22.2. The Morgan fingerprint density at radius 2 is 1.88 bits per heavy atom.